The number of aromatic nitrogens is 1. The number of aryl methyl sites for hydroxylation is 2. The second kappa shape index (κ2) is 8.91. The smallest absolute Gasteiger partial charge is 0.287 e. The monoisotopic (exact) mass is 384 g/mol. The molecule has 0 bridgehead atoms. The summed E-state index contributed by atoms with van der Waals surface area (Å²) in [5.41, 5.74) is 7.43. The molecule has 0 aliphatic carbocycles. The molecule has 2 aromatic rings. The number of piperidine rings is 1. The van der Waals surface area contributed by atoms with E-state index in [9.17, 15) is 9.59 Å². The summed E-state index contributed by atoms with van der Waals surface area (Å²) in [5.74, 6) is 1.53. The van der Waals surface area contributed by atoms with E-state index < -0.39 is 0 Å². The molecule has 1 aliphatic rings. The number of carbonyl (C=O) groups is 2. The normalized spacial score (nSPS) is 14.9. The number of nitrogens with one attached hydrogen (secondary N) is 1. The van der Waals surface area contributed by atoms with Crippen LogP contribution in [0.1, 0.15) is 54.1 Å². The summed E-state index contributed by atoms with van der Waals surface area (Å²) in [6.07, 6.45) is 4.81. The zero-order valence-corrected chi connectivity index (χ0v) is 16.5. The maximum absolute atomic E-state index is 12.5. The van der Waals surface area contributed by atoms with E-state index in [0.29, 0.717) is 12.3 Å². The standard InChI is InChI=1S/C21H28N4O3/c1-3-14-12-18(28-17(14)4-2)21(27)24-13-16-6-5-9-23-20(16)25-10-7-15(8-11-25)19(22)26/h5-6,9,12,15H,3-4,7-8,10-11,13H2,1-2H3,(H2,22,26)(H,24,27). The fourth-order valence-electron chi connectivity index (χ4n) is 3.67. The van der Waals surface area contributed by atoms with Crippen LogP contribution in [0.25, 0.3) is 0 Å². The molecule has 2 amide bonds. The maximum Gasteiger partial charge on any atom is 0.287 e. The van der Waals surface area contributed by atoms with Gasteiger partial charge in [-0.25, -0.2) is 4.98 Å². The third-order valence-electron chi connectivity index (χ3n) is 5.33. The Morgan fingerprint density at radius 1 is 1.25 bits per heavy atom. The van der Waals surface area contributed by atoms with E-state index >= 15 is 0 Å². The molecule has 7 nitrogen and oxygen atoms in total. The molecule has 3 N–H and O–H groups in total. The second-order valence-electron chi connectivity index (χ2n) is 7.10. The van der Waals surface area contributed by atoms with Crippen molar-refractivity contribution in [2.45, 2.75) is 46.1 Å². The van der Waals surface area contributed by atoms with Gasteiger partial charge in [-0.05, 0) is 37.0 Å². The topological polar surface area (TPSA) is 101 Å². The predicted octanol–water partition coefficient (Wildman–Crippen LogP) is 2.43. The Balaban J connectivity index is 1.66. The number of carbonyl (C=O) groups excluding carboxylic acids is 2. The molecular weight excluding hydrogens is 356 g/mol. The van der Waals surface area contributed by atoms with Crippen LogP contribution in [-0.4, -0.2) is 29.9 Å². The first-order valence-electron chi connectivity index (χ1n) is 9.91. The summed E-state index contributed by atoms with van der Waals surface area (Å²) in [7, 11) is 0. The van der Waals surface area contributed by atoms with E-state index in [2.05, 4.69) is 22.1 Å². The molecule has 0 atom stereocenters. The maximum atomic E-state index is 12.5. The molecule has 1 fully saturated rings. The molecule has 1 aliphatic heterocycles. The minimum absolute atomic E-state index is 0.0670. The Kier molecular flexibility index (Phi) is 6.34. The van der Waals surface area contributed by atoms with Gasteiger partial charge in [0, 0.05) is 43.7 Å². The van der Waals surface area contributed by atoms with E-state index in [1.165, 1.54) is 0 Å². The third kappa shape index (κ3) is 4.35. The fourth-order valence-corrected chi connectivity index (χ4v) is 3.67. The number of rotatable bonds is 7. The van der Waals surface area contributed by atoms with Crippen molar-refractivity contribution in [3.8, 4) is 0 Å². The molecule has 3 rings (SSSR count). The highest BCUT2D eigenvalue weighted by Crippen LogP contribution is 2.24. The molecule has 150 valence electrons. The quantitative estimate of drug-likeness (QED) is 0.763. The summed E-state index contributed by atoms with van der Waals surface area (Å²) in [5, 5.41) is 2.94. The Morgan fingerprint density at radius 2 is 2.00 bits per heavy atom. The minimum atomic E-state index is -0.232. The van der Waals surface area contributed by atoms with Crippen LogP contribution >= 0.6 is 0 Å². The van der Waals surface area contributed by atoms with Gasteiger partial charge in [0.1, 0.15) is 11.6 Å². The second-order valence-corrected chi connectivity index (χ2v) is 7.10. The molecule has 0 aromatic carbocycles. The lowest BCUT2D eigenvalue weighted by molar-refractivity contribution is -0.122. The number of anilines is 1. The van der Waals surface area contributed by atoms with Crippen molar-refractivity contribution in [1.29, 1.82) is 0 Å². The van der Waals surface area contributed by atoms with Gasteiger partial charge >= 0.3 is 0 Å². The van der Waals surface area contributed by atoms with Crippen molar-refractivity contribution in [2.75, 3.05) is 18.0 Å². The van der Waals surface area contributed by atoms with Gasteiger partial charge in [-0.1, -0.05) is 19.9 Å². The number of furan rings is 1. The molecule has 0 saturated carbocycles. The SMILES string of the molecule is CCc1cc(C(=O)NCc2cccnc2N2CCC(C(N)=O)CC2)oc1CC. The van der Waals surface area contributed by atoms with Crippen LogP contribution in [-0.2, 0) is 24.2 Å². The van der Waals surface area contributed by atoms with Crippen LogP contribution < -0.4 is 16.0 Å². The number of nitrogens with two attached hydrogens (primary N) is 1. The average Bonchev–Trinajstić information content (AvgIpc) is 3.16. The van der Waals surface area contributed by atoms with Gasteiger partial charge in [0.15, 0.2) is 5.76 Å². The number of hydrogen-bond donors (Lipinski definition) is 2. The first-order valence-corrected chi connectivity index (χ1v) is 9.91. The largest absolute Gasteiger partial charge is 0.456 e. The van der Waals surface area contributed by atoms with E-state index in [1.807, 2.05) is 25.1 Å². The van der Waals surface area contributed by atoms with Gasteiger partial charge < -0.3 is 20.4 Å². The van der Waals surface area contributed by atoms with Crippen LogP contribution in [0, 0.1) is 5.92 Å². The fraction of sp³-hybridized carbons (Fsp3) is 0.476. The molecule has 0 spiro atoms. The Hall–Kier alpha value is -2.83. The van der Waals surface area contributed by atoms with Crippen molar-refractivity contribution in [1.82, 2.24) is 10.3 Å². The van der Waals surface area contributed by atoms with Crippen LogP contribution in [0.3, 0.4) is 0 Å². The highest BCUT2D eigenvalue weighted by atomic mass is 16.4. The first kappa shape index (κ1) is 19.9. The highest BCUT2D eigenvalue weighted by molar-refractivity contribution is 5.91. The van der Waals surface area contributed by atoms with Gasteiger partial charge in [-0.15, -0.1) is 0 Å². The molecule has 3 heterocycles. The van der Waals surface area contributed by atoms with Crippen LogP contribution in [0.4, 0.5) is 5.82 Å². The molecule has 7 heteroatoms. The van der Waals surface area contributed by atoms with Crippen molar-refractivity contribution in [3.63, 3.8) is 0 Å². The number of nitrogens with zero attached hydrogens (tertiary/aromatic N) is 2. The van der Waals surface area contributed by atoms with Gasteiger partial charge in [0.25, 0.3) is 5.91 Å². The van der Waals surface area contributed by atoms with Gasteiger partial charge in [-0.3, -0.25) is 9.59 Å². The Bertz CT molecular complexity index is 816. The van der Waals surface area contributed by atoms with Gasteiger partial charge in [0.2, 0.25) is 5.91 Å². The molecule has 0 unspecified atom stereocenters. The number of pyridine rings is 1. The molecule has 1 saturated heterocycles. The third-order valence-corrected chi connectivity index (χ3v) is 5.33. The van der Waals surface area contributed by atoms with Crippen molar-refractivity contribution in [3.05, 3.63) is 47.0 Å². The van der Waals surface area contributed by atoms with Crippen molar-refractivity contribution in [2.24, 2.45) is 11.7 Å². The molecular formula is C21H28N4O3. The molecule has 2 aromatic heterocycles. The average molecular weight is 384 g/mol. The molecule has 28 heavy (non-hydrogen) atoms. The zero-order chi connectivity index (χ0) is 20.1. The number of hydrogen-bond acceptors (Lipinski definition) is 5. The summed E-state index contributed by atoms with van der Waals surface area (Å²) in [6.45, 7) is 5.88. The highest BCUT2D eigenvalue weighted by Gasteiger charge is 2.25. The first-order chi connectivity index (χ1) is 13.5. The number of primary amides is 1. The summed E-state index contributed by atoms with van der Waals surface area (Å²) < 4.78 is 5.70. The van der Waals surface area contributed by atoms with Crippen LogP contribution in [0.2, 0.25) is 0 Å². The van der Waals surface area contributed by atoms with Crippen LogP contribution in [0.15, 0.2) is 28.8 Å². The lowest BCUT2D eigenvalue weighted by atomic mass is 9.96. The summed E-state index contributed by atoms with van der Waals surface area (Å²) in [4.78, 5) is 30.6. The van der Waals surface area contributed by atoms with E-state index in [1.54, 1.807) is 6.20 Å². The van der Waals surface area contributed by atoms with E-state index in [0.717, 1.165) is 61.5 Å². The van der Waals surface area contributed by atoms with Crippen molar-refractivity contribution >= 4 is 17.6 Å². The Morgan fingerprint density at radius 3 is 2.61 bits per heavy atom. The van der Waals surface area contributed by atoms with E-state index in [-0.39, 0.29) is 17.7 Å². The molecule has 0 radical (unpaired) electrons. The van der Waals surface area contributed by atoms with Gasteiger partial charge in [-0.2, -0.15) is 0 Å². The van der Waals surface area contributed by atoms with Crippen molar-refractivity contribution < 1.29 is 14.0 Å². The Labute approximate surface area is 165 Å². The minimum Gasteiger partial charge on any atom is -0.456 e. The summed E-state index contributed by atoms with van der Waals surface area (Å²) >= 11 is 0. The van der Waals surface area contributed by atoms with Gasteiger partial charge in [0.05, 0.1) is 0 Å². The lowest BCUT2D eigenvalue weighted by Gasteiger charge is -2.32. The lowest BCUT2D eigenvalue weighted by Crippen LogP contribution is -2.39. The summed E-state index contributed by atoms with van der Waals surface area (Å²) in [6, 6.07) is 5.64. The van der Waals surface area contributed by atoms with E-state index in [4.69, 9.17) is 10.2 Å². The number of amides is 2. The van der Waals surface area contributed by atoms with Crippen LogP contribution in [0.5, 0.6) is 0 Å². The zero-order valence-electron chi connectivity index (χ0n) is 16.5. The predicted molar refractivity (Wildman–Crippen MR) is 107 cm³/mol.